The Kier molecular flexibility index (Phi) is 11.0. The molecule has 0 saturated carbocycles. The molecule has 0 aliphatic carbocycles. The van der Waals surface area contributed by atoms with Crippen molar-refractivity contribution in [1.82, 2.24) is 10.2 Å². The Morgan fingerprint density at radius 3 is 2.53 bits per heavy atom. The van der Waals surface area contributed by atoms with Gasteiger partial charge in [-0.05, 0) is 26.7 Å². The molecule has 0 fully saturated rings. The van der Waals surface area contributed by atoms with Crippen LogP contribution in [0.5, 0.6) is 0 Å². The molecule has 2 N–H and O–H groups in total. The van der Waals surface area contributed by atoms with Crippen LogP contribution in [0, 0.1) is 0 Å². The summed E-state index contributed by atoms with van der Waals surface area (Å²) in [7, 11) is 0. The van der Waals surface area contributed by atoms with Crippen molar-refractivity contribution in [3.05, 3.63) is 0 Å². The zero-order valence-corrected chi connectivity index (χ0v) is 12.0. The quantitative estimate of drug-likeness (QED) is 0.562. The van der Waals surface area contributed by atoms with E-state index in [1.54, 1.807) is 4.90 Å². The van der Waals surface area contributed by atoms with Crippen LogP contribution < -0.4 is 5.32 Å². The summed E-state index contributed by atoms with van der Waals surface area (Å²) < 4.78 is 5.22. The molecule has 0 rings (SSSR count). The second-order valence-corrected chi connectivity index (χ2v) is 4.21. The van der Waals surface area contributed by atoms with Gasteiger partial charge in [-0.25, -0.2) is 4.79 Å². The average molecular weight is 274 g/mol. The summed E-state index contributed by atoms with van der Waals surface area (Å²) in [6.45, 7) is 6.89. The summed E-state index contributed by atoms with van der Waals surface area (Å²) in [5, 5.41) is 11.3. The fourth-order valence-corrected chi connectivity index (χ4v) is 1.61. The molecular formula is C13H26N2O4. The van der Waals surface area contributed by atoms with Crippen molar-refractivity contribution in [2.75, 3.05) is 32.8 Å². The Hall–Kier alpha value is -1.30. The Balaban J connectivity index is 3.61. The number of hydrogen-bond donors (Lipinski definition) is 2. The highest BCUT2D eigenvalue weighted by molar-refractivity contribution is 5.74. The highest BCUT2D eigenvalue weighted by atomic mass is 16.5. The highest BCUT2D eigenvalue weighted by Gasteiger charge is 2.09. The van der Waals surface area contributed by atoms with Crippen LogP contribution in [-0.4, -0.2) is 54.9 Å². The third-order valence-corrected chi connectivity index (χ3v) is 2.72. The Bertz CT molecular complexity index is 259. The normalized spacial score (nSPS) is 10.2. The molecule has 19 heavy (non-hydrogen) atoms. The molecular weight excluding hydrogens is 248 g/mol. The number of likely N-dealkylation sites (N-methyl/N-ethyl adjacent to an activating group) is 1. The van der Waals surface area contributed by atoms with E-state index in [1.165, 1.54) is 0 Å². The zero-order valence-electron chi connectivity index (χ0n) is 12.0. The fourth-order valence-electron chi connectivity index (χ4n) is 1.61. The summed E-state index contributed by atoms with van der Waals surface area (Å²) in [6, 6.07) is -0.0829. The number of rotatable bonds is 11. The van der Waals surface area contributed by atoms with Crippen LogP contribution in [0.2, 0.25) is 0 Å². The van der Waals surface area contributed by atoms with E-state index in [4.69, 9.17) is 9.84 Å². The largest absolute Gasteiger partial charge is 0.481 e. The maximum atomic E-state index is 11.8. The number of carbonyl (C=O) groups excluding carboxylic acids is 1. The van der Waals surface area contributed by atoms with Gasteiger partial charge in [0, 0.05) is 32.7 Å². The van der Waals surface area contributed by atoms with Gasteiger partial charge in [-0.3, -0.25) is 4.79 Å². The van der Waals surface area contributed by atoms with E-state index in [1.807, 2.05) is 13.8 Å². The van der Waals surface area contributed by atoms with Crippen LogP contribution in [0.25, 0.3) is 0 Å². The fraction of sp³-hybridized carbons (Fsp3) is 0.846. The minimum Gasteiger partial charge on any atom is -0.481 e. The van der Waals surface area contributed by atoms with Gasteiger partial charge in [0.05, 0.1) is 6.61 Å². The van der Waals surface area contributed by atoms with E-state index in [0.29, 0.717) is 39.3 Å². The zero-order chi connectivity index (χ0) is 14.5. The second kappa shape index (κ2) is 11.8. The molecule has 2 amide bonds. The number of amides is 2. The number of unbranched alkanes of at least 4 members (excludes halogenated alkanes) is 2. The predicted octanol–water partition coefficient (Wildman–Crippen LogP) is 1.70. The summed E-state index contributed by atoms with van der Waals surface area (Å²) in [6.07, 6.45) is 2.48. The predicted molar refractivity (Wildman–Crippen MR) is 73.2 cm³/mol. The first-order valence-electron chi connectivity index (χ1n) is 6.94. The molecule has 6 nitrogen and oxygen atoms in total. The number of hydrogen-bond acceptors (Lipinski definition) is 3. The van der Waals surface area contributed by atoms with Crippen molar-refractivity contribution >= 4 is 12.0 Å². The molecule has 0 spiro atoms. The molecule has 0 bridgehead atoms. The first-order chi connectivity index (χ1) is 9.11. The number of carboxylic acid groups (broad SMARTS) is 1. The van der Waals surface area contributed by atoms with Gasteiger partial charge in [0.25, 0.3) is 0 Å². The summed E-state index contributed by atoms with van der Waals surface area (Å²) in [4.78, 5) is 23.8. The third-order valence-electron chi connectivity index (χ3n) is 2.72. The molecule has 0 radical (unpaired) electrons. The second-order valence-electron chi connectivity index (χ2n) is 4.21. The van der Waals surface area contributed by atoms with Crippen LogP contribution in [0.1, 0.15) is 39.5 Å². The first kappa shape index (κ1) is 17.7. The molecule has 0 aromatic carbocycles. The minimum absolute atomic E-state index is 0.0829. The van der Waals surface area contributed by atoms with Crippen molar-refractivity contribution < 1.29 is 19.4 Å². The maximum absolute atomic E-state index is 11.8. The lowest BCUT2D eigenvalue weighted by atomic mass is 10.2. The molecule has 0 heterocycles. The van der Waals surface area contributed by atoms with Gasteiger partial charge >= 0.3 is 12.0 Å². The van der Waals surface area contributed by atoms with Crippen LogP contribution >= 0.6 is 0 Å². The highest BCUT2D eigenvalue weighted by Crippen LogP contribution is 1.99. The number of aliphatic carboxylic acids is 1. The summed E-state index contributed by atoms with van der Waals surface area (Å²) in [5.41, 5.74) is 0. The first-order valence-corrected chi connectivity index (χ1v) is 6.94. The molecule has 0 aliphatic heterocycles. The lowest BCUT2D eigenvalue weighted by molar-refractivity contribution is -0.137. The van der Waals surface area contributed by atoms with Crippen LogP contribution in [0.3, 0.4) is 0 Å². The topological polar surface area (TPSA) is 78.9 Å². The minimum atomic E-state index is -0.767. The van der Waals surface area contributed by atoms with Gasteiger partial charge in [-0.1, -0.05) is 6.42 Å². The van der Waals surface area contributed by atoms with Gasteiger partial charge < -0.3 is 20.1 Å². The molecule has 0 aliphatic rings. The van der Waals surface area contributed by atoms with E-state index in [-0.39, 0.29) is 12.5 Å². The lowest BCUT2D eigenvalue weighted by Gasteiger charge is -2.21. The lowest BCUT2D eigenvalue weighted by Crippen LogP contribution is -2.41. The van der Waals surface area contributed by atoms with Crippen LogP contribution in [0.15, 0.2) is 0 Å². The van der Waals surface area contributed by atoms with E-state index >= 15 is 0 Å². The van der Waals surface area contributed by atoms with Crippen molar-refractivity contribution in [2.45, 2.75) is 39.5 Å². The number of ether oxygens (including phenoxy) is 1. The van der Waals surface area contributed by atoms with Crippen molar-refractivity contribution in [3.8, 4) is 0 Å². The number of nitrogens with one attached hydrogen (secondary N) is 1. The monoisotopic (exact) mass is 274 g/mol. The van der Waals surface area contributed by atoms with Gasteiger partial charge in [-0.2, -0.15) is 0 Å². The van der Waals surface area contributed by atoms with Crippen LogP contribution in [0.4, 0.5) is 4.79 Å². The SMILES string of the molecule is CCOCCN(CC)C(=O)NCCCCCC(=O)O. The standard InChI is InChI=1S/C13H26N2O4/c1-3-15(10-11-19-4-2)13(18)14-9-7-5-6-8-12(16)17/h3-11H2,1-2H3,(H,14,18)(H,16,17). The maximum Gasteiger partial charge on any atom is 0.317 e. The number of nitrogens with zero attached hydrogens (tertiary/aromatic N) is 1. The molecule has 112 valence electrons. The van der Waals surface area contributed by atoms with Crippen molar-refractivity contribution in [3.63, 3.8) is 0 Å². The summed E-state index contributed by atoms with van der Waals surface area (Å²) >= 11 is 0. The number of carbonyl (C=O) groups is 2. The van der Waals surface area contributed by atoms with Crippen molar-refractivity contribution in [2.24, 2.45) is 0 Å². The van der Waals surface area contributed by atoms with E-state index in [9.17, 15) is 9.59 Å². The van der Waals surface area contributed by atoms with E-state index < -0.39 is 5.97 Å². The third kappa shape index (κ3) is 10.3. The molecule has 0 atom stereocenters. The summed E-state index contributed by atoms with van der Waals surface area (Å²) in [5.74, 6) is -0.767. The average Bonchev–Trinajstić information content (AvgIpc) is 2.38. The number of carboxylic acids is 1. The molecule has 0 aromatic rings. The molecule has 0 unspecified atom stereocenters. The van der Waals surface area contributed by atoms with Gasteiger partial charge in [0.2, 0.25) is 0 Å². The van der Waals surface area contributed by atoms with Gasteiger partial charge in [0.1, 0.15) is 0 Å². The molecule has 6 heteroatoms. The van der Waals surface area contributed by atoms with Gasteiger partial charge in [0.15, 0.2) is 0 Å². The Morgan fingerprint density at radius 2 is 1.95 bits per heavy atom. The van der Waals surface area contributed by atoms with Crippen LogP contribution in [-0.2, 0) is 9.53 Å². The van der Waals surface area contributed by atoms with E-state index in [2.05, 4.69) is 5.32 Å². The molecule has 0 aromatic heterocycles. The Morgan fingerprint density at radius 1 is 1.21 bits per heavy atom. The van der Waals surface area contributed by atoms with Gasteiger partial charge in [-0.15, -0.1) is 0 Å². The molecule has 0 saturated heterocycles. The number of urea groups is 1. The van der Waals surface area contributed by atoms with E-state index in [0.717, 1.165) is 12.8 Å². The smallest absolute Gasteiger partial charge is 0.317 e. The Labute approximate surface area is 115 Å². The van der Waals surface area contributed by atoms with Crippen molar-refractivity contribution in [1.29, 1.82) is 0 Å².